The van der Waals surface area contributed by atoms with Crippen molar-refractivity contribution < 1.29 is 16.8 Å². The molecule has 0 unspecified atom stereocenters. The van der Waals surface area contributed by atoms with E-state index in [2.05, 4.69) is 0 Å². The molecule has 0 amide bonds. The van der Waals surface area contributed by atoms with Crippen molar-refractivity contribution in [2.45, 2.75) is 39.7 Å². The Balaban J connectivity index is 2.20. The first-order valence-electron chi connectivity index (χ1n) is 8.82. The summed E-state index contributed by atoms with van der Waals surface area (Å²) in [6.45, 7) is 1.85. The van der Waals surface area contributed by atoms with Crippen LogP contribution in [0.15, 0.2) is 82.6 Å². The molecule has 1 aliphatic carbocycles. The zero-order chi connectivity index (χ0) is 19.7. The van der Waals surface area contributed by atoms with Gasteiger partial charge in [-0.25, -0.2) is 16.8 Å². The fraction of sp³-hybridized carbons (Fsp3) is 0.300. The molecular formula is C20H23NO4S2. The lowest BCUT2D eigenvalue weighted by Crippen LogP contribution is -2.55. The van der Waals surface area contributed by atoms with Crippen LogP contribution >= 0.6 is 0 Å². The average Bonchev–Trinajstić information content (AvgIpc) is 2.69. The number of rotatable bonds is 5. The van der Waals surface area contributed by atoms with Crippen LogP contribution in [0.25, 0.3) is 0 Å². The first-order valence-corrected chi connectivity index (χ1v) is 11.9. The lowest BCUT2D eigenvalue weighted by atomic mass is 9.90. The van der Waals surface area contributed by atoms with Crippen molar-refractivity contribution in [2.24, 2.45) is 11.7 Å². The lowest BCUT2D eigenvalue weighted by molar-refractivity contribution is 0.463. The van der Waals surface area contributed by atoms with Crippen LogP contribution in [0.1, 0.15) is 13.3 Å². The standard InChI is InChI=1S/C20H23NO4S2/c1-2-15-13-14-18(21)20(27(24,25)17-11-7-4-8-12-17)19(15)26(22,23)16-9-5-3-6-10-16/h3-15,18-20H,2,21H2,1H3/t15-,18-,19+,20+/m0/s1. The Morgan fingerprint density at radius 1 is 0.741 bits per heavy atom. The third kappa shape index (κ3) is 3.59. The third-order valence-electron chi connectivity index (χ3n) is 5.04. The molecule has 5 nitrogen and oxygen atoms in total. The van der Waals surface area contributed by atoms with Crippen molar-refractivity contribution in [3.8, 4) is 0 Å². The minimum atomic E-state index is -3.95. The Kier molecular flexibility index (Phi) is 5.55. The molecule has 0 bridgehead atoms. The first-order chi connectivity index (χ1) is 12.8. The molecule has 0 fully saturated rings. The number of sulfone groups is 2. The van der Waals surface area contributed by atoms with Gasteiger partial charge in [0.25, 0.3) is 0 Å². The number of hydrogen-bond donors (Lipinski definition) is 1. The molecule has 0 aromatic heterocycles. The van der Waals surface area contributed by atoms with Gasteiger partial charge in [-0.15, -0.1) is 0 Å². The number of hydrogen-bond acceptors (Lipinski definition) is 5. The Morgan fingerprint density at radius 2 is 1.19 bits per heavy atom. The molecule has 0 heterocycles. The zero-order valence-corrected chi connectivity index (χ0v) is 16.6. The Labute approximate surface area is 160 Å². The van der Waals surface area contributed by atoms with Gasteiger partial charge in [0.05, 0.1) is 15.0 Å². The van der Waals surface area contributed by atoms with Gasteiger partial charge < -0.3 is 5.73 Å². The summed E-state index contributed by atoms with van der Waals surface area (Å²) in [7, 11) is -7.86. The van der Waals surface area contributed by atoms with Crippen LogP contribution in [0, 0.1) is 5.92 Å². The predicted octanol–water partition coefficient (Wildman–Crippen LogP) is 2.59. The molecule has 27 heavy (non-hydrogen) atoms. The van der Waals surface area contributed by atoms with Crippen molar-refractivity contribution in [3.05, 3.63) is 72.8 Å². The summed E-state index contributed by atoms with van der Waals surface area (Å²) < 4.78 is 53.6. The van der Waals surface area contributed by atoms with Gasteiger partial charge in [-0.3, -0.25) is 0 Å². The van der Waals surface area contributed by atoms with Crippen molar-refractivity contribution >= 4 is 19.7 Å². The van der Waals surface area contributed by atoms with E-state index in [0.29, 0.717) is 6.42 Å². The molecule has 0 saturated heterocycles. The molecule has 144 valence electrons. The second-order valence-corrected chi connectivity index (χ2v) is 10.9. The van der Waals surface area contributed by atoms with Crippen LogP contribution in [0.2, 0.25) is 0 Å². The highest BCUT2D eigenvalue weighted by molar-refractivity contribution is 7.96. The van der Waals surface area contributed by atoms with Crippen molar-refractivity contribution in [1.29, 1.82) is 0 Å². The second-order valence-electron chi connectivity index (χ2n) is 6.68. The summed E-state index contributed by atoms with van der Waals surface area (Å²) in [6.07, 6.45) is 3.87. The molecule has 4 atom stereocenters. The van der Waals surface area contributed by atoms with Crippen molar-refractivity contribution in [2.75, 3.05) is 0 Å². The van der Waals surface area contributed by atoms with Crippen LogP contribution in [-0.4, -0.2) is 33.4 Å². The van der Waals surface area contributed by atoms with E-state index >= 15 is 0 Å². The van der Waals surface area contributed by atoms with Crippen molar-refractivity contribution in [1.82, 2.24) is 0 Å². The van der Waals surface area contributed by atoms with Gasteiger partial charge >= 0.3 is 0 Å². The minimum absolute atomic E-state index is 0.0869. The molecule has 0 aliphatic heterocycles. The van der Waals surface area contributed by atoms with Gasteiger partial charge in [-0.1, -0.05) is 55.5 Å². The molecule has 7 heteroatoms. The van der Waals surface area contributed by atoms with Gasteiger partial charge in [0.15, 0.2) is 19.7 Å². The largest absolute Gasteiger partial charge is 0.323 e. The molecule has 3 rings (SSSR count). The van der Waals surface area contributed by atoms with E-state index in [1.54, 1.807) is 48.6 Å². The topological polar surface area (TPSA) is 94.3 Å². The van der Waals surface area contributed by atoms with Crippen LogP contribution < -0.4 is 5.73 Å². The van der Waals surface area contributed by atoms with Crippen LogP contribution in [0.5, 0.6) is 0 Å². The smallest absolute Gasteiger partial charge is 0.184 e. The summed E-state index contributed by atoms with van der Waals surface area (Å²) in [5.74, 6) is -0.432. The SMILES string of the molecule is CC[C@H]1C=C[C@H](N)[C@@H](S(=O)(=O)c2ccccc2)[C@@H]1S(=O)(=O)c1ccccc1. The van der Waals surface area contributed by atoms with E-state index in [1.807, 2.05) is 6.92 Å². The normalized spacial score (nSPS) is 26.0. The highest BCUT2D eigenvalue weighted by Crippen LogP contribution is 2.36. The highest BCUT2D eigenvalue weighted by Gasteiger charge is 2.50. The fourth-order valence-electron chi connectivity index (χ4n) is 3.65. The van der Waals surface area contributed by atoms with E-state index in [0.717, 1.165) is 0 Å². The first kappa shape index (κ1) is 19.8. The highest BCUT2D eigenvalue weighted by atomic mass is 32.2. The molecule has 0 saturated carbocycles. The number of benzene rings is 2. The van der Waals surface area contributed by atoms with Gasteiger partial charge in [-0.2, -0.15) is 0 Å². The molecule has 1 aliphatic rings. The van der Waals surface area contributed by atoms with Crippen LogP contribution in [0.3, 0.4) is 0 Å². The van der Waals surface area contributed by atoms with E-state index < -0.39 is 42.1 Å². The Bertz CT molecular complexity index is 1020. The minimum Gasteiger partial charge on any atom is -0.323 e. The lowest BCUT2D eigenvalue weighted by Gasteiger charge is -2.37. The molecule has 2 aromatic rings. The van der Waals surface area contributed by atoms with E-state index in [4.69, 9.17) is 5.73 Å². The summed E-state index contributed by atoms with van der Waals surface area (Å²) in [4.78, 5) is 0.202. The van der Waals surface area contributed by atoms with E-state index in [9.17, 15) is 16.8 Å². The third-order valence-corrected chi connectivity index (χ3v) is 9.75. The van der Waals surface area contributed by atoms with Crippen LogP contribution in [0.4, 0.5) is 0 Å². The quantitative estimate of drug-likeness (QED) is 0.772. The molecular weight excluding hydrogens is 382 g/mol. The molecule has 0 radical (unpaired) electrons. The van der Waals surface area contributed by atoms with Gasteiger partial charge in [0, 0.05) is 6.04 Å². The predicted molar refractivity (Wildman–Crippen MR) is 106 cm³/mol. The van der Waals surface area contributed by atoms with Gasteiger partial charge in [0.1, 0.15) is 5.25 Å². The second kappa shape index (κ2) is 7.58. The maximum Gasteiger partial charge on any atom is 0.184 e. The molecule has 0 spiro atoms. The molecule has 2 aromatic carbocycles. The Hall–Kier alpha value is -1.96. The van der Waals surface area contributed by atoms with E-state index in [-0.39, 0.29) is 9.79 Å². The monoisotopic (exact) mass is 405 g/mol. The maximum absolute atomic E-state index is 13.4. The Morgan fingerprint density at radius 3 is 1.63 bits per heavy atom. The average molecular weight is 406 g/mol. The summed E-state index contributed by atoms with van der Waals surface area (Å²) >= 11 is 0. The van der Waals surface area contributed by atoms with Gasteiger partial charge in [0.2, 0.25) is 0 Å². The van der Waals surface area contributed by atoms with E-state index in [1.165, 1.54) is 24.3 Å². The maximum atomic E-state index is 13.4. The number of allylic oxidation sites excluding steroid dienone is 1. The number of nitrogens with two attached hydrogens (primary N) is 1. The zero-order valence-electron chi connectivity index (χ0n) is 15.0. The summed E-state index contributed by atoms with van der Waals surface area (Å²) in [5, 5.41) is -2.39. The molecule has 2 N–H and O–H groups in total. The van der Waals surface area contributed by atoms with Gasteiger partial charge in [-0.05, 0) is 36.6 Å². The fourth-order valence-corrected chi connectivity index (χ4v) is 8.56. The summed E-state index contributed by atoms with van der Waals surface area (Å²) in [6, 6.07) is 15.0. The van der Waals surface area contributed by atoms with Crippen LogP contribution in [-0.2, 0) is 19.7 Å². The summed E-state index contributed by atoms with van der Waals surface area (Å²) in [5.41, 5.74) is 6.15. The van der Waals surface area contributed by atoms with Crippen molar-refractivity contribution in [3.63, 3.8) is 0 Å².